The Kier molecular flexibility index (Phi) is 3.55. The molecule has 2 N–H and O–H groups in total. The first kappa shape index (κ1) is 13.1. The molecule has 1 heterocycles. The van der Waals surface area contributed by atoms with Crippen LogP contribution in [0.3, 0.4) is 0 Å². The van der Waals surface area contributed by atoms with E-state index in [9.17, 15) is 9.59 Å². The van der Waals surface area contributed by atoms with Gasteiger partial charge in [-0.15, -0.1) is 0 Å². The van der Waals surface area contributed by atoms with Gasteiger partial charge in [0, 0.05) is 13.2 Å². The second kappa shape index (κ2) is 5.14. The molecule has 2 aromatic rings. The molecule has 0 radical (unpaired) electrons. The number of hydrogen-bond donors (Lipinski definition) is 1. The maximum Gasteiger partial charge on any atom is 0.331 e. The molecule has 5 nitrogen and oxygen atoms in total. The fourth-order valence-corrected chi connectivity index (χ4v) is 1.95. The number of anilines is 1. The summed E-state index contributed by atoms with van der Waals surface area (Å²) in [5.41, 5.74) is 6.99. The van der Waals surface area contributed by atoms with E-state index in [1.807, 2.05) is 24.3 Å². The molecule has 1 aromatic carbocycles. The number of nitrogens with two attached hydrogens (primary N) is 1. The molecule has 0 aliphatic carbocycles. The molecule has 0 fully saturated rings. The lowest BCUT2D eigenvalue weighted by Gasteiger charge is -2.08. The minimum atomic E-state index is -0.442. The van der Waals surface area contributed by atoms with Gasteiger partial charge in [-0.05, 0) is 17.5 Å². The van der Waals surface area contributed by atoms with Crippen LogP contribution < -0.4 is 17.0 Å². The molecular formula is C14H17N3O2. The summed E-state index contributed by atoms with van der Waals surface area (Å²) in [6, 6.07) is 7.84. The van der Waals surface area contributed by atoms with Gasteiger partial charge >= 0.3 is 5.69 Å². The summed E-state index contributed by atoms with van der Waals surface area (Å²) >= 11 is 0. The average molecular weight is 259 g/mol. The molecule has 0 spiro atoms. The van der Waals surface area contributed by atoms with Crippen LogP contribution in [0.2, 0.25) is 0 Å². The average Bonchev–Trinajstić information content (AvgIpc) is 2.42. The Balaban J connectivity index is 2.43. The van der Waals surface area contributed by atoms with Crippen LogP contribution in [0, 0.1) is 0 Å². The van der Waals surface area contributed by atoms with E-state index in [-0.39, 0.29) is 17.9 Å². The second-order valence-corrected chi connectivity index (χ2v) is 4.54. The van der Waals surface area contributed by atoms with Gasteiger partial charge in [-0.2, -0.15) is 0 Å². The van der Waals surface area contributed by atoms with Gasteiger partial charge in [0.05, 0.1) is 6.54 Å². The van der Waals surface area contributed by atoms with Crippen molar-refractivity contribution in [3.05, 3.63) is 62.4 Å². The molecule has 0 aliphatic rings. The summed E-state index contributed by atoms with van der Waals surface area (Å²) in [6.45, 7) is 2.31. The van der Waals surface area contributed by atoms with Crippen LogP contribution in [-0.2, 0) is 20.0 Å². The highest BCUT2D eigenvalue weighted by Crippen LogP contribution is 2.05. The summed E-state index contributed by atoms with van der Waals surface area (Å²) in [7, 11) is 1.58. The Morgan fingerprint density at radius 2 is 1.68 bits per heavy atom. The summed E-state index contributed by atoms with van der Waals surface area (Å²) < 4.78 is 2.47. The number of nitrogens with zero attached hydrogens (tertiary/aromatic N) is 2. The van der Waals surface area contributed by atoms with Crippen molar-refractivity contribution >= 4 is 5.69 Å². The van der Waals surface area contributed by atoms with Crippen molar-refractivity contribution in [3.8, 4) is 0 Å². The largest absolute Gasteiger partial charge is 0.393 e. The lowest BCUT2D eigenvalue weighted by molar-refractivity contribution is 0.643. The Bertz CT molecular complexity index is 662. The number of nitrogen functional groups attached to an aromatic ring is 1. The van der Waals surface area contributed by atoms with E-state index in [1.54, 1.807) is 7.05 Å². The van der Waals surface area contributed by atoms with Crippen molar-refractivity contribution in [1.82, 2.24) is 9.13 Å². The van der Waals surface area contributed by atoms with Crippen molar-refractivity contribution in [2.75, 3.05) is 5.73 Å². The monoisotopic (exact) mass is 259 g/mol. The minimum Gasteiger partial charge on any atom is -0.393 e. The molecule has 0 aliphatic heterocycles. The molecule has 0 saturated carbocycles. The van der Waals surface area contributed by atoms with Gasteiger partial charge in [-0.25, -0.2) is 4.79 Å². The van der Waals surface area contributed by atoms with Gasteiger partial charge < -0.3 is 10.3 Å². The molecular weight excluding hydrogens is 242 g/mol. The summed E-state index contributed by atoms with van der Waals surface area (Å²) in [5.74, 6) is 0. The molecule has 0 amide bonds. The molecule has 2 rings (SSSR count). The Labute approximate surface area is 110 Å². The molecule has 0 saturated heterocycles. The second-order valence-electron chi connectivity index (χ2n) is 4.54. The van der Waals surface area contributed by atoms with E-state index in [4.69, 9.17) is 5.73 Å². The first-order valence-electron chi connectivity index (χ1n) is 6.16. The molecule has 1 aromatic heterocycles. The maximum atomic E-state index is 11.9. The fraction of sp³-hybridized carbons (Fsp3) is 0.286. The first-order valence-corrected chi connectivity index (χ1v) is 6.16. The standard InChI is InChI=1S/C14H17N3O2/c1-3-10-4-6-11(7-5-10)8-17-13(18)12(15)9-16(2)14(17)19/h4-7,9H,3,8,15H2,1-2H3. The smallest absolute Gasteiger partial charge is 0.331 e. The van der Waals surface area contributed by atoms with Crippen LogP contribution in [0.25, 0.3) is 0 Å². The third-order valence-corrected chi connectivity index (χ3v) is 3.13. The topological polar surface area (TPSA) is 70.0 Å². The molecule has 0 atom stereocenters. The fourth-order valence-electron chi connectivity index (χ4n) is 1.95. The normalized spacial score (nSPS) is 10.6. The number of aryl methyl sites for hydroxylation is 2. The van der Waals surface area contributed by atoms with Crippen LogP contribution in [0.1, 0.15) is 18.1 Å². The van der Waals surface area contributed by atoms with Gasteiger partial charge in [-0.1, -0.05) is 31.2 Å². The van der Waals surface area contributed by atoms with E-state index < -0.39 is 5.56 Å². The summed E-state index contributed by atoms with van der Waals surface area (Å²) in [6.07, 6.45) is 2.31. The quantitative estimate of drug-likeness (QED) is 0.883. The van der Waals surface area contributed by atoms with Gasteiger partial charge in [0.25, 0.3) is 5.56 Å². The number of rotatable bonds is 3. The maximum absolute atomic E-state index is 11.9. The number of hydrogen-bond acceptors (Lipinski definition) is 3. The van der Waals surface area contributed by atoms with E-state index in [0.29, 0.717) is 0 Å². The molecule has 5 heteroatoms. The van der Waals surface area contributed by atoms with E-state index in [2.05, 4.69) is 6.92 Å². The Morgan fingerprint density at radius 3 is 2.26 bits per heavy atom. The molecule has 0 bridgehead atoms. The van der Waals surface area contributed by atoms with Gasteiger partial charge in [0.2, 0.25) is 0 Å². The third-order valence-electron chi connectivity index (χ3n) is 3.13. The van der Waals surface area contributed by atoms with Gasteiger partial charge in [-0.3, -0.25) is 9.36 Å². The van der Waals surface area contributed by atoms with E-state index in [1.165, 1.54) is 16.3 Å². The predicted octanol–water partition coefficient (Wildman–Crippen LogP) is 0.740. The van der Waals surface area contributed by atoms with E-state index >= 15 is 0 Å². The highest BCUT2D eigenvalue weighted by Gasteiger charge is 2.07. The molecule has 19 heavy (non-hydrogen) atoms. The summed E-state index contributed by atoms with van der Waals surface area (Å²) in [4.78, 5) is 23.8. The number of benzene rings is 1. The van der Waals surface area contributed by atoms with Crippen LogP contribution in [0.4, 0.5) is 5.69 Å². The molecule has 0 unspecified atom stereocenters. The minimum absolute atomic E-state index is 0.0762. The Morgan fingerprint density at radius 1 is 1.11 bits per heavy atom. The third kappa shape index (κ3) is 2.59. The summed E-state index contributed by atoms with van der Waals surface area (Å²) in [5, 5.41) is 0. The van der Waals surface area contributed by atoms with Crippen LogP contribution >= 0.6 is 0 Å². The highest BCUT2D eigenvalue weighted by molar-refractivity contribution is 5.31. The van der Waals surface area contributed by atoms with Crippen molar-refractivity contribution in [3.63, 3.8) is 0 Å². The van der Waals surface area contributed by atoms with E-state index in [0.717, 1.165) is 16.6 Å². The van der Waals surface area contributed by atoms with Crippen molar-refractivity contribution in [2.45, 2.75) is 19.9 Å². The van der Waals surface area contributed by atoms with Gasteiger partial charge in [0.1, 0.15) is 5.69 Å². The lowest BCUT2D eigenvalue weighted by Crippen LogP contribution is -2.39. The Hall–Kier alpha value is -2.30. The predicted molar refractivity (Wildman–Crippen MR) is 75.3 cm³/mol. The van der Waals surface area contributed by atoms with Crippen molar-refractivity contribution in [2.24, 2.45) is 7.05 Å². The zero-order chi connectivity index (χ0) is 14.0. The zero-order valence-electron chi connectivity index (χ0n) is 11.1. The number of aromatic nitrogens is 2. The van der Waals surface area contributed by atoms with Crippen LogP contribution in [-0.4, -0.2) is 9.13 Å². The van der Waals surface area contributed by atoms with Crippen molar-refractivity contribution < 1.29 is 0 Å². The zero-order valence-corrected chi connectivity index (χ0v) is 11.1. The SMILES string of the molecule is CCc1ccc(Cn2c(=O)c(N)cn(C)c2=O)cc1. The highest BCUT2D eigenvalue weighted by atomic mass is 16.2. The van der Waals surface area contributed by atoms with Crippen LogP contribution in [0.5, 0.6) is 0 Å². The first-order chi connectivity index (χ1) is 9.02. The van der Waals surface area contributed by atoms with Crippen molar-refractivity contribution in [1.29, 1.82) is 0 Å². The lowest BCUT2D eigenvalue weighted by atomic mass is 10.1. The van der Waals surface area contributed by atoms with Crippen LogP contribution in [0.15, 0.2) is 40.1 Å². The van der Waals surface area contributed by atoms with Gasteiger partial charge in [0.15, 0.2) is 0 Å². The molecule has 100 valence electrons.